The lowest BCUT2D eigenvalue weighted by molar-refractivity contribution is -0.161. The maximum absolute atomic E-state index is 12.8. The first-order chi connectivity index (χ1) is 36.2. The second kappa shape index (κ2) is 51.5. The number of hydrogen-bond acceptors (Lipinski definition) is 15. The van der Waals surface area contributed by atoms with E-state index in [1.165, 1.54) is 122 Å². The zero-order valence-corrected chi connectivity index (χ0v) is 49.3. The molecule has 19 heteroatoms. The first kappa shape index (κ1) is 73.1. The quantitative estimate of drug-likeness (QED) is 0.0222. The Morgan fingerprint density at radius 2 is 0.547 bits per heavy atom. The number of ether oxygens (including phenoxy) is 4. The number of phosphoric ester groups is 2. The van der Waals surface area contributed by atoms with E-state index in [0.29, 0.717) is 25.7 Å². The highest BCUT2D eigenvalue weighted by atomic mass is 31.2. The van der Waals surface area contributed by atoms with Gasteiger partial charge in [0.05, 0.1) is 26.4 Å². The molecule has 0 saturated carbocycles. The molecular weight excluding hydrogens is 1010 g/mol. The van der Waals surface area contributed by atoms with Crippen molar-refractivity contribution < 1.29 is 80.2 Å². The van der Waals surface area contributed by atoms with Crippen LogP contribution in [0.1, 0.15) is 278 Å². The molecule has 0 aliphatic heterocycles. The van der Waals surface area contributed by atoms with E-state index < -0.39 is 97.5 Å². The standard InChI is InChI=1S/C56H108O17P2/c1-5-9-13-16-18-20-22-24-25-27-28-30-32-35-37-41-54(59)67-47-52(73-55(60)42-38-34-15-11-7-3)49-71-75(64,65)69-45-50(57)44-68-74(62,63)70-48-51(46-66-53(58)40-12-8-4)72-56(61)43-39-36-33-31-29-26-23-21-19-17-14-10-6-2/h50-52,57H,5-49H2,1-4H3,(H,62,63)(H,64,65)/t50-,51+,52+/m0/s1. The second-order valence-corrected chi connectivity index (χ2v) is 23.2. The summed E-state index contributed by atoms with van der Waals surface area (Å²) in [4.78, 5) is 70.9. The molecule has 0 amide bonds. The van der Waals surface area contributed by atoms with Crippen LogP contribution in [0.4, 0.5) is 0 Å². The molecule has 0 bridgehead atoms. The molecule has 0 aromatic rings. The Balaban J connectivity index is 4.91. The first-order valence-electron chi connectivity index (χ1n) is 29.8. The summed E-state index contributed by atoms with van der Waals surface area (Å²) in [7, 11) is -9.84. The van der Waals surface area contributed by atoms with E-state index in [0.717, 1.165) is 77.0 Å². The van der Waals surface area contributed by atoms with Crippen molar-refractivity contribution in [3.8, 4) is 0 Å². The van der Waals surface area contributed by atoms with Crippen LogP contribution in [-0.2, 0) is 65.4 Å². The molecule has 0 aliphatic rings. The average molecular weight is 1120 g/mol. The van der Waals surface area contributed by atoms with Gasteiger partial charge < -0.3 is 33.8 Å². The molecule has 444 valence electrons. The summed E-state index contributed by atoms with van der Waals surface area (Å²) in [5.74, 6) is -2.19. The number of rotatable bonds is 57. The molecule has 3 N–H and O–H groups in total. The summed E-state index contributed by atoms with van der Waals surface area (Å²) >= 11 is 0. The van der Waals surface area contributed by atoms with Crippen molar-refractivity contribution in [2.24, 2.45) is 0 Å². The fourth-order valence-electron chi connectivity index (χ4n) is 8.20. The van der Waals surface area contributed by atoms with E-state index in [-0.39, 0.29) is 25.7 Å². The van der Waals surface area contributed by atoms with Gasteiger partial charge in [0, 0.05) is 25.7 Å². The van der Waals surface area contributed by atoms with E-state index in [2.05, 4.69) is 20.8 Å². The van der Waals surface area contributed by atoms with Gasteiger partial charge in [0.2, 0.25) is 0 Å². The van der Waals surface area contributed by atoms with Crippen LogP contribution >= 0.6 is 15.6 Å². The average Bonchev–Trinajstić information content (AvgIpc) is 3.38. The Morgan fingerprint density at radius 1 is 0.320 bits per heavy atom. The molecule has 5 atom stereocenters. The van der Waals surface area contributed by atoms with Gasteiger partial charge >= 0.3 is 39.5 Å². The van der Waals surface area contributed by atoms with Crippen molar-refractivity contribution in [2.45, 2.75) is 296 Å². The lowest BCUT2D eigenvalue weighted by atomic mass is 10.0. The monoisotopic (exact) mass is 1110 g/mol. The molecule has 0 aliphatic carbocycles. The summed E-state index contributed by atoms with van der Waals surface area (Å²) in [6, 6.07) is 0. The molecule has 0 aromatic carbocycles. The Morgan fingerprint density at radius 3 is 0.827 bits per heavy atom. The Bertz CT molecular complexity index is 1470. The van der Waals surface area contributed by atoms with Gasteiger partial charge in [-0.3, -0.25) is 37.3 Å². The van der Waals surface area contributed by atoms with Crippen LogP contribution in [0.25, 0.3) is 0 Å². The van der Waals surface area contributed by atoms with Crippen molar-refractivity contribution in [2.75, 3.05) is 39.6 Å². The SMILES string of the molecule is CCCCCCCCCCCCCCCCCC(=O)OC[C@H](COP(=O)(O)OC[C@@H](O)COP(=O)(O)OC[C@@H](COC(=O)CCCC)OC(=O)CCCCCCCCCCCCCCC)OC(=O)CCCCCCC. The van der Waals surface area contributed by atoms with E-state index >= 15 is 0 Å². The van der Waals surface area contributed by atoms with Crippen molar-refractivity contribution in [1.82, 2.24) is 0 Å². The Labute approximate surface area is 454 Å². The third kappa shape index (κ3) is 51.3. The van der Waals surface area contributed by atoms with E-state index in [1.54, 1.807) is 0 Å². The van der Waals surface area contributed by atoms with Crippen LogP contribution in [0.2, 0.25) is 0 Å². The highest BCUT2D eigenvalue weighted by Gasteiger charge is 2.30. The highest BCUT2D eigenvalue weighted by molar-refractivity contribution is 7.47. The summed E-state index contributed by atoms with van der Waals surface area (Å²) < 4.78 is 67.0. The summed E-state index contributed by atoms with van der Waals surface area (Å²) in [6.45, 7) is 4.49. The number of phosphoric acid groups is 2. The molecular formula is C56H108O17P2. The minimum atomic E-state index is -4.92. The van der Waals surface area contributed by atoms with Gasteiger partial charge in [-0.1, -0.05) is 227 Å². The van der Waals surface area contributed by atoms with Crippen LogP contribution in [0.15, 0.2) is 0 Å². The minimum Gasteiger partial charge on any atom is -0.462 e. The molecule has 0 saturated heterocycles. The molecule has 17 nitrogen and oxygen atoms in total. The number of aliphatic hydroxyl groups excluding tert-OH is 1. The van der Waals surface area contributed by atoms with Crippen molar-refractivity contribution >= 4 is 39.5 Å². The van der Waals surface area contributed by atoms with Crippen LogP contribution in [0.5, 0.6) is 0 Å². The van der Waals surface area contributed by atoms with E-state index in [4.69, 9.17) is 37.0 Å². The molecule has 0 spiro atoms. The molecule has 0 fully saturated rings. The van der Waals surface area contributed by atoms with Crippen LogP contribution < -0.4 is 0 Å². The Hall–Kier alpha value is -1.94. The van der Waals surface area contributed by atoms with Gasteiger partial charge in [0.25, 0.3) is 0 Å². The number of carbonyl (C=O) groups is 4. The molecule has 0 aromatic heterocycles. The third-order valence-corrected chi connectivity index (χ3v) is 14.8. The van der Waals surface area contributed by atoms with Crippen molar-refractivity contribution in [3.05, 3.63) is 0 Å². The third-order valence-electron chi connectivity index (χ3n) is 12.9. The normalized spacial score (nSPS) is 14.4. The lowest BCUT2D eigenvalue weighted by Crippen LogP contribution is -2.30. The first-order valence-corrected chi connectivity index (χ1v) is 32.8. The topological polar surface area (TPSA) is 237 Å². The predicted octanol–water partition coefficient (Wildman–Crippen LogP) is 14.8. The second-order valence-electron chi connectivity index (χ2n) is 20.3. The van der Waals surface area contributed by atoms with Gasteiger partial charge in [-0.25, -0.2) is 9.13 Å². The fourth-order valence-corrected chi connectivity index (χ4v) is 9.78. The molecule has 0 heterocycles. The van der Waals surface area contributed by atoms with Crippen LogP contribution in [-0.4, -0.2) is 96.7 Å². The number of esters is 4. The van der Waals surface area contributed by atoms with Gasteiger partial charge in [-0.05, 0) is 25.7 Å². The van der Waals surface area contributed by atoms with E-state index in [9.17, 15) is 43.2 Å². The van der Waals surface area contributed by atoms with Crippen LogP contribution in [0.3, 0.4) is 0 Å². The zero-order valence-electron chi connectivity index (χ0n) is 47.5. The number of unbranched alkanes of at least 4 members (excludes halogenated alkanes) is 31. The number of carbonyl (C=O) groups excluding carboxylic acids is 4. The summed E-state index contributed by atoms with van der Waals surface area (Å²) in [5.41, 5.74) is 0. The molecule has 75 heavy (non-hydrogen) atoms. The van der Waals surface area contributed by atoms with Gasteiger partial charge in [0.1, 0.15) is 19.3 Å². The minimum absolute atomic E-state index is 0.100. The lowest BCUT2D eigenvalue weighted by Gasteiger charge is -2.21. The van der Waals surface area contributed by atoms with Gasteiger partial charge in [0.15, 0.2) is 12.2 Å². The number of aliphatic hydroxyl groups is 1. The molecule has 0 radical (unpaired) electrons. The number of hydrogen-bond donors (Lipinski definition) is 3. The molecule has 0 rings (SSSR count). The largest absolute Gasteiger partial charge is 0.472 e. The molecule has 2 unspecified atom stereocenters. The van der Waals surface area contributed by atoms with Gasteiger partial charge in [-0.15, -0.1) is 0 Å². The van der Waals surface area contributed by atoms with Crippen LogP contribution in [0, 0.1) is 0 Å². The van der Waals surface area contributed by atoms with Crippen molar-refractivity contribution in [1.29, 1.82) is 0 Å². The summed E-state index contributed by atoms with van der Waals surface area (Å²) in [6.07, 6.45) is 35.0. The summed E-state index contributed by atoms with van der Waals surface area (Å²) in [5, 5.41) is 10.4. The smallest absolute Gasteiger partial charge is 0.462 e. The van der Waals surface area contributed by atoms with E-state index in [1.807, 2.05) is 6.92 Å². The van der Waals surface area contributed by atoms with Gasteiger partial charge in [-0.2, -0.15) is 0 Å². The predicted molar refractivity (Wildman–Crippen MR) is 294 cm³/mol. The fraction of sp³-hybridized carbons (Fsp3) is 0.929. The zero-order chi connectivity index (χ0) is 55.5. The van der Waals surface area contributed by atoms with Crippen molar-refractivity contribution in [3.63, 3.8) is 0 Å². The maximum Gasteiger partial charge on any atom is 0.472 e. The maximum atomic E-state index is 12.8. The highest BCUT2D eigenvalue weighted by Crippen LogP contribution is 2.45. The Kier molecular flexibility index (Phi) is 50.2.